The van der Waals surface area contributed by atoms with Crippen LogP contribution < -0.4 is 16.6 Å². The van der Waals surface area contributed by atoms with E-state index in [1.165, 1.54) is 11.6 Å². The van der Waals surface area contributed by atoms with E-state index in [-0.39, 0.29) is 40.8 Å². The number of hydrogen-bond acceptors (Lipinski definition) is 8. The Labute approximate surface area is 194 Å². The number of nitrogens with two attached hydrogens (primary N) is 1. The summed E-state index contributed by atoms with van der Waals surface area (Å²) in [4.78, 5) is 37.3. The number of nitrogen functional groups attached to an aromatic ring is 1. The van der Waals surface area contributed by atoms with Gasteiger partial charge in [-0.05, 0) is 36.1 Å². The number of nitrogens with one attached hydrogen (secondary N) is 1. The Hall–Kier alpha value is -4.34. The molecule has 34 heavy (non-hydrogen) atoms. The maximum absolute atomic E-state index is 12.9. The van der Waals surface area contributed by atoms with Crippen LogP contribution in [0.25, 0.3) is 22.6 Å². The first-order valence-electron chi connectivity index (χ1n) is 10.9. The second-order valence-corrected chi connectivity index (χ2v) is 8.29. The Kier molecular flexibility index (Phi) is 5.40. The van der Waals surface area contributed by atoms with E-state index in [4.69, 9.17) is 10.3 Å². The first-order chi connectivity index (χ1) is 16.5. The molecule has 3 N–H and O–H groups in total. The summed E-state index contributed by atoms with van der Waals surface area (Å²) in [6.07, 6.45) is 7.75. The van der Waals surface area contributed by atoms with E-state index in [1.54, 1.807) is 30.7 Å². The Balaban J connectivity index is 1.45. The van der Waals surface area contributed by atoms with E-state index in [9.17, 15) is 9.59 Å². The summed E-state index contributed by atoms with van der Waals surface area (Å²) in [5, 5.41) is 6.77. The van der Waals surface area contributed by atoms with E-state index in [0.717, 1.165) is 36.0 Å². The molecule has 0 spiro atoms. The van der Waals surface area contributed by atoms with Gasteiger partial charge < -0.3 is 20.1 Å². The van der Waals surface area contributed by atoms with Gasteiger partial charge in [-0.3, -0.25) is 9.59 Å². The minimum Gasteiger partial charge on any atom is -0.368 e. The highest BCUT2D eigenvalue weighted by Gasteiger charge is 2.44. The zero-order chi connectivity index (χ0) is 23.7. The molecule has 10 heteroatoms. The third-order valence-corrected chi connectivity index (χ3v) is 6.35. The fraction of sp³-hybridized carbons (Fsp3) is 0.250. The first-order valence-corrected chi connectivity index (χ1v) is 10.9. The fourth-order valence-electron chi connectivity index (χ4n) is 4.23. The molecule has 1 fully saturated rings. The van der Waals surface area contributed by atoms with Crippen LogP contribution in [-0.2, 0) is 16.8 Å². The van der Waals surface area contributed by atoms with Gasteiger partial charge in [0.2, 0.25) is 11.9 Å². The number of rotatable bonds is 6. The highest BCUT2D eigenvalue weighted by atomic mass is 16.5. The van der Waals surface area contributed by atoms with Crippen LogP contribution in [0.1, 0.15) is 30.7 Å². The van der Waals surface area contributed by atoms with Gasteiger partial charge in [0.25, 0.3) is 11.4 Å². The molecule has 3 aromatic heterocycles. The Morgan fingerprint density at radius 2 is 1.88 bits per heavy atom. The molecule has 0 unspecified atom stereocenters. The Bertz CT molecular complexity index is 1390. The van der Waals surface area contributed by atoms with Crippen molar-refractivity contribution < 1.29 is 9.32 Å². The molecule has 0 aliphatic heterocycles. The van der Waals surface area contributed by atoms with Crippen molar-refractivity contribution in [3.05, 3.63) is 76.7 Å². The van der Waals surface area contributed by atoms with E-state index in [0.29, 0.717) is 5.82 Å². The summed E-state index contributed by atoms with van der Waals surface area (Å²) in [7, 11) is 1.52. The summed E-state index contributed by atoms with van der Waals surface area (Å²) in [5.41, 5.74) is 8.05. The summed E-state index contributed by atoms with van der Waals surface area (Å²) in [5.74, 6) is 0.667. The van der Waals surface area contributed by atoms with E-state index >= 15 is 0 Å². The van der Waals surface area contributed by atoms with Crippen LogP contribution in [0.4, 0.5) is 5.95 Å². The SMILES string of the molecule is CNC(=O)Cn1cccc(-c2nc(C3(c4ccc(-c5cnc(N)nc5)cc4)CCC3)no2)c1=O. The number of likely N-dealkylation sites (N-methyl/N-ethyl adjacent to an activating group) is 1. The number of nitrogens with zero attached hydrogens (tertiary/aromatic N) is 5. The fourth-order valence-corrected chi connectivity index (χ4v) is 4.23. The van der Waals surface area contributed by atoms with Gasteiger partial charge in [0.05, 0.1) is 5.41 Å². The van der Waals surface area contributed by atoms with E-state index < -0.39 is 0 Å². The van der Waals surface area contributed by atoms with Crippen molar-refractivity contribution in [3.63, 3.8) is 0 Å². The van der Waals surface area contributed by atoms with Crippen molar-refractivity contribution in [2.75, 3.05) is 12.8 Å². The highest BCUT2D eigenvalue weighted by Crippen LogP contribution is 2.48. The van der Waals surface area contributed by atoms with Gasteiger partial charge in [0.1, 0.15) is 12.1 Å². The standard InChI is InChI=1S/C24H23N7O3/c1-26-19(32)14-31-11-2-4-18(21(31)33)20-29-22(30-34-20)24(9-3-10-24)17-7-5-15(6-8-17)16-12-27-23(25)28-13-16/h2,4-8,11-13H,3,9-10,14H2,1H3,(H,26,32)(H2,25,27,28). The molecule has 5 rings (SSSR count). The third-order valence-electron chi connectivity index (χ3n) is 6.35. The van der Waals surface area contributed by atoms with Crippen LogP contribution in [0.15, 0.2) is 64.3 Å². The van der Waals surface area contributed by atoms with Crippen molar-refractivity contribution in [2.45, 2.75) is 31.2 Å². The molecule has 1 amide bonds. The van der Waals surface area contributed by atoms with Gasteiger partial charge in [0.15, 0.2) is 5.82 Å². The smallest absolute Gasteiger partial charge is 0.263 e. The van der Waals surface area contributed by atoms with Crippen molar-refractivity contribution in [1.29, 1.82) is 0 Å². The third kappa shape index (κ3) is 3.72. The molecule has 1 aliphatic rings. The normalized spacial score (nSPS) is 14.4. The van der Waals surface area contributed by atoms with Gasteiger partial charge in [0, 0.05) is 31.2 Å². The minimum absolute atomic E-state index is 0.0838. The number of aromatic nitrogens is 5. The van der Waals surface area contributed by atoms with Gasteiger partial charge >= 0.3 is 0 Å². The quantitative estimate of drug-likeness (QED) is 0.449. The molecule has 3 heterocycles. The summed E-state index contributed by atoms with van der Waals surface area (Å²) < 4.78 is 6.84. The van der Waals surface area contributed by atoms with Crippen LogP contribution in [0.3, 0.4) is 0 Å². The predicted molar refractivity (Wildman–Crippen MR) is 125 cm³/mol. The van der Waals surface area contributed by atoms with Crippen LogP contribution in [0.5, 0.6) is 0 Å². The lowest BCUT2D eigenvalue weighted by Crippen LogP contribution is -2.36. The zero-order valence-electron chi connectivity index (χ0n) is 18.6. The van der Waals surface area contributed by atoms with Crippen molar-refractivity contribution in [2.24, 2.45) is 0 Å². The second kappa shape index (κ2) is 8.54. The maximum atomic E-state index is 12.9. The van der Waals surface area contributed by atoms with Crippen LogP contribution >= 0.6 is 0 Å². The molecule has 1 aromatic carbocycles. The van der Waals surface area contributed by atoms with Crippen LogP contribution in [0.2, 0.25) is 0 Å². The molecule has 1 saturated carbocycles. The molecule has 0 saturated heterocycles. The molecule has 0 atom stereocenters. The molecular formula is C24H23N7O3. The lowest BCUT2D eigenvalue weighted by Gasteiger charge is -2.39. The highest BCUT2D eigenvalue weighted by molar-refractivity contribution is 5.75. The van der Waals surface area contributed by atoms with Crippen LogP contribution in [0, 0.1) is 0 Å². The number of carbonyl (C=O) groups is 1. The minimum atomic E-state index is -0.367. The zero-order valence-corrected chi connectivity index (χ0v) is 18.6. The molecule has 0 bridgehead atoms. The number of amides is 1. The number of hydrogen-bond donors (Lipinski definition) is 2. The number of carbonyl (C=O) groups excluding carboxylic acids is 1. The lowest BCUT2D eigenvalue weighted by molar-refractivity contribution is -0.121. The number of pyridine rings is 1. The van der Waals surface area contributed by atoms with Gasteiger partial charge in [-0.15, -0.1) is 0 Å². The number of anilines is 1. The summed E-state index contributed by atoms with van der Waals surface area (Å²) in [6.45, 7) is -0.0838. The molecule has 0 radical (unpaired) electrons. The van der Waals surface area contributed by atoms with Gasteiger partial charge in [-0.25, -0.2) is 9.97 Å². The predicted octanol–water partition coefficient (Wildman–Crippen LogP) is 2.15. The maximum Gasteiger partial charge on any atom is 0.263 e. The summed E-state index contributed by atoms with van der Waals surface area (Å²) in [6, 6.07) is 11.4. The van der Waals surface area contributed by atoms with Gasteiger partial charge in [-0.2, -0.15) is 4.98 Å². The molecule has 10 nitrogen and oxygen atoms in total. The second-order valence-electron chi connectivity index (χ2n) is 8.29. The molecule has 172 valence electrons. The average Bonchev–Trinajstić information content (AvgIpc) is 3.30. The van der Waals surface area contributed by atoms with Gasteiger partial charge in [-0.1, -0.05) is 35.8 Å². The first kappa shape index (κ1) is 21.5. The largest absolute Gasteiger partial charge is 0.368 e. The van der Waals surface area contributed by atoms with Crippen molar-refractivity contribution in [1.82, 2.24) is 30.0 Å². The molecule has 4 aromatic rings. The summed E-state index contributed by atoms with van der Waals surface area (Å²) >= 11 is 0. The monoisotopic (exact) mass is 457 g/mol. The van der Waals surface area contributed by atoms with Crippen molar-refractivity contribution >= 4 is 11.9 Å². The topological polar surface area (TPSA) is 142 Å². The van der Waals surface area contributed by atoms with Crippen molar-refractivity contribution in [3.8, 4) is 22.6 Å². The number of benzene rings is 1. The Morgan fingerprint density at radius 1 is 1.15 bits per heavy atom. The molecule has 1 aliphatic carbocycles. The van der Waals surface area contributed by atoms with Crippen LogP contribution in [-0.4, -0.2) is 37.6 Å². The average molecular weight is 457 g/mol. The van der Waals surface area contributed by atoms with E-state index in [1.807, 2.05) is 12.1 Å². The van der Waals surface area contributed by atoms with E-state index in [2.05, 4.69) is 37.6 Å². The Morgan fingerprint density at radius 3 is 2.53 bits per heavy atom. The molecular weight excluding hydrogens is 434 g/mol. The lowest BCUT2D eigenvalue weighted by atomic mass is 9.64.